The second-order valence-corrected chi connectivity index (χ2v) is 10.9. The van der Waals surface area contributed by atoms with Gasteiger partial charge in [-0.05, 0) is 54.4 Å². The van der Waals surface area contributed by atoms with Gasteiger partial charge < -0.3 is 25.0 Å². The number of rotatable bonds is 10. The maximum absolute atomic E-state index is 13.3. The van der Waals surface area contributed by atoms with E-state index in [0.717, 1.165) is 16.7 Å². The number of aromatic nitrogens is 5. The maximum Gasteiger partial charge on any atom is 0.261 e. The molecule has 1 amide bonds. The second-order valence-electron chi connectivity index (χ2n) is 10.9. The Morgan fingerprint density at radius 2 is 1.81 bits per heavy atom. The molecule has 0 spiro atoms. The van der Waals surface area contributed by atoms with Crippen molar-refractivity contribution in [3.8, 4) is 28.6 Å². The number of nitrogens with zero attached hydrogens (tertiary/aromatic N) is 6. The summed E-state index contributed by atoms with van der Waals surface area (Å²) in [6.45, 7) is 2.11. The molecule has 5 heterocycles. The zero-order valence-corrected chi connectivity index (χ0v) is 25.6. The van der Waals surface area contributed by atoms with Gasteiger partial charge in [-0.25, -0.2) is 9.97 Å². The number of nitrogens with one attached hydrogen (secondary N) is 2. The van der Waals surface area contributed by atoms with Crippen LogP contribution in [0.4, 0.5) is 23.0 Å². The molecule has 4 aromatic heterocycles. The van der Waals surface area contributed by atoms with Crippen LogP contribution in [-0.4, -0.2) is 49.8 Å². The van der Waals surface area contributed by atoms with Gasteiger partial charge in [0.2, 0.25) is 5.82 Å². The molecule has 1 aliphatic rings. The number of amides is 1. The van der Waals surface area contributed by atoms with Crippen LogP contribution in [0.1, 0.15) is 33.2 Å². The van der Waals surface area contributed by atoms with Gasteiger partial charge in [0.1, 0.15) is 17.4 Å². The van der Waals surface area contributed by atoms with E-state index < -0.39 is 6.04 Å². The Bertz CT molecular complexity index is 2050. The average Bonchev–Trinajstić information content (AvgIpc) is 3.73. The van der Waals surface area contributed by atoms with Crippen molar-refractivity contribution in [2.75, 3.05) is 29.3 Å². The molecule has 47 heavy (non-hydrogen) atoms. The molecule has 0 fully saturated rings. The maximum atomic E-state index is 13.3. The van der Waals surface area contributed by atoms with Gasteiger partial charge in [0, 0.05) is 30.2 Å². The SMILES string of the molecule is COc1ccc(C)cc1N1Cc2nc(Nc3cc(N[C@H](CO)c4ccccc4)c(-c4nc(-c5ccncc5)no4)cn3)ccc2C1=O. The number of aliphatic hydroxyl groups excluding tert-OH is 1. The molecular weight excluding hydrogens is 596 g/mol. The third-order valence-electron chi connectivity index (χ3n) is 7.85. The third-order valence-corrected chi connectivity index (χ3v) is 7.85. The summed E-state index contributed by atoms with van der Waals surface area (Å²) >= 11 is 0. The Labute approximate surface area is 270 Å². The number of methoxy groups -OCH3 is 1. The number of benzene rings is 2. The lowest BCUT2D eigenvalue weighted by Gasteiger charge is -2.20. The van der Waals surface area contributed by atoms with E-state index in [-0.39, 0.29) is 18.4 Å². The molecule has 2 aromatic carbocycles. The Balaban J connectivity index is 1.19. The van der Waals surface area contributed by atoms with E-state index in [1.54, 1.807) is 60.9 Å². The quantitative estimate of drug-likeness (QED) is 0.165. The molecule has 0 aliphatic carbocycles. The molecular formula is C35H30N8O4. The van der Waals surface area contributed by atoms with Crippen LogP contribution in [0.3, 0.4) is 0 Å². The molecule has 0 saturated heterocycles. The number of hydrogen-bond acceptors (Lipinski definition) is 11. The fraction of sp³-hybridized carbons (Fsp3) is 0.143. The minimum atomic E-state index is -0.429. The standard InChI is InChI=1S/C35H30N8O4/c1-21-8-10-30(46-2)29(16-21)43-19-27-24(35(43)45)9-11-31(39-27)40-32-17-26(38-28(20-44)22-6-4-3-5-7-22)25(18-37-32)34-41-33(42-47-34)23-12-14-36-15-13-23/h3-18,28,44H,19-20H2,1-2H3,(H2,37,38,39,40)/t28-/m1/s1. The molecule has 1 aliphatic heterocycles. The van der Waals surface area contributed by atoms with E-state index in [9.17, 15) is 9.90 Å². The van der Waals surface area contributed by atoms with Crippen molar-refractivity contribution < 1.29 is 19.2 Å². The zero-order chi connectivity index (χ0) is 32.3. The number of ether oxygens (including phenoxy) is 1. The highest BCUT2D eigenvalue weighted by Gasteiger charge is 2.32. The summed E-state index contributed by atoms with van der Waals surface area (Å²) in [4.78, 5) is 33.1. The lowest BCUT2D eigenvalue weighted by molar-refractivity contribution is 0.0996. The Morgan fingerprint density at radius 1 is 0.979 bits per heavy atom. The van der Waals surface area contributed by atoms with Crippen LogP contribution in [0.5, 0.6) is 5.75 Å². The van der Waals surface area contributed by atoms with Crippen LogP contribution in [0.2, 0.25) is 0 Å². The molecule has 0 unspecified atom stereocenters. The number of aliphatic hydroxyl groups is 1. The van der Waals surface area contributed by atoms with Crippen LogP contribution < -0.4 is 20.3 Å². The summed E-state index contributed by atoms with van der Waals surface area (Å²) in [6, 6.07) is 23.8. The highest BCUT2D eigenvalue weighted by Crippen LogP contribution is 2.36. The minimum Gasteiger partial charge on any atom is -0.495 e. The van der Waals surface area contributed by atoms with Gasteiger partial charge in [-0.3, -0.25) is 14.7 Å². The van der Waals surface area contributed by atoms with Gasteiger partial charge in [0.25, 0.3) is 11.8 Å². The van der Waals surface area contributed by atoms with Crippen LogP contribution in [-0.2, 0) is 6.54 Å². The Kier molecular flexibility index (Phi) is 7.99. The van der Waals surface area contributed by atoms with E-state index >= 15 is 0 Å². The van der Waals surface area contributed by atoms with Crippen molar-refractivity contribution in [3.63, 3.8) is 0 Å². The van der Waals surface area contributed by atoms with Gasteiger partial charge >= 0.3 is 0 Å². The number of carbonyl (C=O) groups is 1. The molecule has 6 aromatic rings. The fourth-order valence-corrected chi connectivity index (χ4v) is 5.46. The molecule has 0 bridgehead atoms. The molecule has 12 nitrogen and oxygen atoms in total. The van der Waals surface area contributed by atoms with Gasteiger partial charge in [-0.1, -0.05) is 41.6 Å². The van der Waals surface area contributed by atoms with Gasteiger partial charge in [-0.15, -0.1) is 0 Å². The van der Waals surface area contributed by atoms with Crippen molar-refractivity contribution in [2.45, 2.75) is 19.5 Å². The monoisotopic (exact) mass is 626 g/mol. The van der Waals surface area contributed by atoms with E-state index in [1.165, 1.54) is 0 Å². The lowest BCUT2D eigenvalue weighted by atomic mass is 10.1. The van der Waals surface area contributed by atoms with Crippen molar-refractivity contribution in [1.29, 1.82) is 0 Å². The predicted octanol–water partition coefficient (Wildman–Crippen LogP) is 5.96. The van der Waals surface area contributed by atoms with Crippen LogP contribution in [0.15, 0.2) is 102 Å². The average molecular weight is 627 g/mol. The van der Waals surface area contributed by atoms with Gasteiger partial charge in [-0.2, -0.15) is 4.98 Å². The number of hydrogen-bond donors (Lipinski definition) is 3. The van der Waals surface area contributed by atoms with Crippen molar-refractivity contribution >= 4 is 28.9 Å². The van der Waals surface area contributed by atoms with E-state index in [2.05, 4.69) is 30.7 Å². The first kappa shape index (κ1) is 29.6. The smallest absolute Gasteiger partial charge is 0.261 e. The van der Waals surface area contributed by atoms with E-state index in [1.807, 2.05) is 55.5 Å². The van der Waals surface area contributed by atoms with E-state index in [0.29, 0.717) is 58.0 Å². The molecule has 1 atom stereocenters. The van der Waals surface area contributed by atoms with Crippen molar-refractivity contribution in [3.05, 3.63) is 120 Å². The van der Waals surface area contributed by atoms with Crippen molar-refractivity contribution in [1.82, 2.24) is 25.1 Å². The summed E-state index contributed by atoms with van der Waals surface area (Å²) in [5.74, 6) is 2.13. The number of aryl methyl sites for hydroxylation is 1. The lowest BCUT2D eigenvalue weighted by Crippen LogP contribution is -2.23. The summed E-state index contributed by atoms with van der Waals surface area (Å²) in [5, 5.41) is 21.2. The second kappa shape index (κ2) is 12.7. The Hall–Kier alpha value is -6.14. The summed E-state index contributed by atoms with van der Waals surface area (Å²) in [5.41, 5.74) is 5.69. The molecule has 234 valence electrons. The van der Waals surface area contributed by atoms with E-state index in [4.69, 9.17) is 14.2 Å². The minimum absolute atomic E-state index is 0.140. The number of anilines is 4. The van der Waals surface area contributed by atoms with Crippen LogP contribution >= 0.6 is 0 Å². The number of fused-ring (bicyclic) bond motifs is 1. The molecule has 7 rings (SSSR count). The van der Waals surface area contributed by atoms with Crippen molar-refractivity contribution in [2.24, 2.45) is 0 Å². The van der Waals surface area contributed by atoms with Crippen LogP contribution in [0.25, 0.3) is 22.8 Å². The molecule has 12 heteroatoms. The zero-order valence-electron chi connectivity index (χ0n) is 25.6. The Morgan fingerprint density at radius 3 is 2.60 bits per heavy atom. The first-order valence-electron chi connectivity index (χ1n) is 14.9. The highest BCUT2D eigenvalue weighted by molar-refractivity contribution is 6.10. The molecule has 0 radical (unpaired) electrons. The topological polar surface area (TPSA) is 151 Å². The highest BCUT2D eigenvalue weighted by atomic mass is 16.5. The fourth-order valence-electron chi connectivity index (χ4n) is 5.46. The largest absolute Gasteiger partial charge is 0.495 e. The summed E-state index contributed by atoms with van der Waals surface area (Å²) < 4.78 is 11.2. The first-order valence-corrected chi connectivity index (χ1v) is 14.9. The number of pyridine rings is 3. The summed E-state index contributed by atoms with van der Waals surface area (Å²) in [7, 11) is 1.59. The number of carbonyl (C=O) groups excluding carboxylic acids is 1. The van der Waals surface area contributed by atoms with Crippen LogP contribution in [0, 0.1) is 6.92 Å². The first-order chi connectivity index (χ1) is 23.0. The summed E-state index contributed by atoms with van der Waals surface area (Å²) in [6.07, 6.45) is 4.94. The van der Waals surface area contributed by atoms with Gasteiger partial charge in [0.15, 0.2) is 0 Å². The molecule has 3 N–H and O–H groups in total. The third kappa shape index (κ3) is 5.97. The van der Waals surface area contributed by atoms with Gasteiger partial charge in [0.05, 0.1) is 54.5 Å². The molecule has 0 saturated carbocycles. The predicted molar refractivity (Wildman–Crippen MR) is 176 cm³/mol. The normalized spacial score (nSPS) is 12.9.